The number of nitrogens with one attached hydrogen (secondary N) is 2. The van der Waals surface area contributed by atoms with Crippen LogP contribution in [0.4, 0.5) is 4.79 Å². The summed E-state index contributed by atoms with van der Waals surface area (Å²) in [5.41, 5.74) is 1.52. The molecule has 37 heavy (non-hydrogen) atoms. The Morgan fingerprint density at radius 3 is 2.08 bits per heavy atom. The summed E-state index contributed by atoms with van der Waals surface area (Å²) in [5.74, 6) is -0.660. The molecule has 0 spiro atoms. The Morgan fingerprint density at radius 2 is 1.57 bits per heavy atom. The minimum Gasteiger partial charge on any atom is -0.508 e. The summed E-state index contributed by atoms with van der Waals surface area (Å²) in [7, 11) is 0. The molecular formula is C29H39N3O5. The Kier molecular flexibility index (Phi) is 9.50. The first kappa shape index (κ1) is 29.4. The third-order valence-electron chi connectivity index (χ3n) is 6.01. The van der Waals surface area contributed by atoms with E-state index in [1.165, 1.54) is 6.08 Å². The van der Waals surface area contributed by atoms with Crippen LogP contribution in [0.1, 0.15) is 56.9 Å². The van der Waals surface area contributed by atoms with Crippen molar-refractivity contribution >= 4 is 24.0 Å². The monoisotopic (exact) mass is 509 g/mol. The summed E-state index contributed by atoms with van der Waals surface area (Å²) in [6.07, 6.45) is 2.06. The number of hydrogen-bond acceptors (Lipinski definition) is 4. The molecule has 0 aromatic heterocycles. The number of carbonyl (C=O) groups is 3. The van der Waals surface area contributed by atoms with Crippen molar-refractivity contribution in [3.8, 4) is 5.75 Å². The van der Waals surface area contributed by atoms with E-state index in [2.05, 4.69) is 10.6 Å². The van der Waals surface area contributed by atoms with Crippen molar-refractivity contribution in [3.63, 3.8) is 0 Å². The molecule has 4 N–H and O–H groups in total. The molecule has 2 aromatic rings. The van der Waals surface area contributed by atoms with Gasteiger partial charge in [-0.3, -0.25) is 14.5 Å². The summed E-state index contributed by atoms with van der Waals surface area (Å²) < 4.78 is 0. The zero-order valence-electron chi connectivity index (χ0n) is 22.8. The molecule has 0 aliphatic carbocycles. The first-order valence-corrected chi connectivity index (χ1v) is 12.2. The second-order valence-corrected chi connectivity index (χ2v) is 10.9. The molecule has 2 rings (SSSR count). The third kappa shape index (κ3) is 8.66. The molecule has 0 fully saturated rings. The van der Waals surface area contributed by atoms with E-state index < -0.39 is 29.1 Å². The zero-order chi connectivity index (χ0) is 28.0. The molecule has 0 saturated carbocycles. The summed E-state index contributed by atoms with van der Waals surface area (Å²) in [4.78, 5) is 39.4. The lowest BCUT2D eigenvalue weighted by atomic mass is 9.92. The van der Waals surface area contributed by atoms with Crippen molar-refractivity contribution in [3.05, 3.63) is 70.8 Å². The minimum absolute atomic E-state index is 0.115. The predicted molar refractivity (Wildman–Crippen MR) is 145 cm³/mol. The Labute approximate surface area is 219 Å². The Bertz CT molecular complexity index is 1130. The fraction of sp³-hybridized carbons (Fsp3) is 0.414. The molecule has 0 radical (unpaired) electrons. The summed E-state index contributed by atoms with van der Waals surface area (Å²) in [6.45, 7) is 12.5. The van der Waals surface area contributed by atoms with E-state index in [0.717, 1.165) is 27.2 Å². The topological polar surface area (TPSA) is 119 Å². The predicted octanol–water partition coefficient (Wildman–Crippen LogP) is 4.42. The number of nitrogens with zero attached hydrogens (tertiary/aromatic N) is 1. The normalized spacial score (nSPS) is 12.7. The van der Waals surface area contributed by atoms with E-state index in [4.69, 9.17) is 0 Å². The van der Waals surface area contributed by atoms with E-state index in [-0.39, 0.29) is 24.6 Å². The van der Waals surface area contributed by atoms with Gasteiger partial charge in [-0.25, -0.2) is 4.79 Å². The number of phenolic OH excluding ortho intramolecular Hbond substituents is 1. The molecule has 8 nitrogen and oxygen atoms in total. The smallest absolute Gasteiger partial charge is 0.408 e. The van der Waals surface area contributed by atoms with E-state index in [0.29, 0.717) is 0 Å². The van der Waals surface area contributed by atoms with Crippen LogP contribution in [0, 0.1) is 13.8 Å². The lowest BCUT2D eigenvalue weighted by Crippen LogP contribution is -2.61. The third-order valence-corrected chi connectivity index (χ3v) is 6.01. The number of carboxylic acid groups (broad SMARTS) is 1. The van der Waals surface area contributed by atoms with Gasteiger partial charge in [0.1, 0.15) is 11.8 Å². The van der Waals surface area contributed by atoms with Crippen molar-refractivity contribution in [2.24, 2.45) is 0 Å². The highest BCUT2D eigenvalue weighted by atomic mass is 16.4. The average molecular weight is 510 g/mol. The molecule has 8 heteroatoms. The molecule has 0 aliphatic rings. The molecule has 0 unspecified atom stereocenters. The maximum atomic E-state index is 13.6. The molecule has 3 amide bonds. The number of aromatic hydroxyl groups is 1. The lowest BCUT2D eigenvalue weighted by Gasteiger charge is -2.40. The number of benzene rings is 2. The van der Waals surface area contributed by atoms with Crippen molar-refractivity contribution in [1.82, 2.24) is 15.5 Å². The molecule has 0 bridgehead atoms. The number of carbonyl (C=O) groups excluding carboxylic acids is 2. The maximum Gasteiger partial charge on any atom is 0.408 e. The van der Waals surface area contributed by atoms with Gasteiger partial charge in [-0.2, -0.15) is 0 Å². The fourth-order valence-corrected chi connectivity index (χ4v) is 4.24. The molecule has 2 aromatic carbocycles. The number of amides is 3. The van der Waals surface area contributed by atoms with Crippen LogP contribution in [0.3, 0.4) is 0 Å². The van der Waals surface area contributed by atoms with Gasteiger partial charge in [0.15, 0.2) is 0 Å². The Morgan fingerprint density at radius 1 is 1.00 bits per heavy atom. The van der Waals surface area contributed by atoms with Gasteiger partial charge in [0.2, 0.25) is 11.8 Å². The Hall–Kier alpha value is -3.81. The van der Waals surface area contributed by atoms with Gasteiger partial charge in [-0.05, 0) is 88.9 Å². The second kappa shape index (κ2) is 12.0. The molecule has 200 valence electrons. The van der Waals surface area contributed by atoms with Gasteiger partial charge < -0.3 is 20.8 Å². The maximum absolute atomic E-state index is 13.6. The van der Waals surface area contributed by atoms with Gasteiger partial charge in [0.25, 0.3) is 0 Å². The number of rotatable bonds is 9. The fourth-order valence-electron chi connectivity index (χ4n) is 4.24. The highest BCUT2D eigenvalue weighted by Gasteiger charge is 2.39. The van der Waals surface area contributed by atoms with Gasteiger partial charge >= 0.3 is 6.09 Å². The number of hydrogen-bond donors (Lipinski definition) is 4. The van der Waals surface area contributed by atoms with Crippen LogP contribution in [0.2, 0.25) is 0 Å². The number of aryl methyl sites for hydroxylation is 2. The summed E-state index contributed by atoms with van der Waals surface area (Å²) in [6, 6.07) is 11.6. The van der Waals surface area contributed by atoms with Crippen LogP contribution < -0.4 is 10.6 Å². The van der Waals surface area contributed by atoms with Gasteiger partial charge in [0.05, 0.1) is 5.54 Å². The Balaban J connectivity index is 2.23. The van der Waals surface area contributed by atoms with Crippen LogP contribution in [0.25, 0.3) is 6.08 Å². The van der Waals surface area contributed by atoms with E-state index >= 15 is 0 Å². The van der Waals surface area contributed by atoms with Gasteiger partial charge in [-0.1, -0.05) is 30.3 Å². The van der Waals surface area contributed by atoms with Crippen molar-refractivity contribution in [2.75, 3.05) is 6.54 Å². The number of phenols is 1. The molecular weight excluding hydrogens is 470 g/mol. The lowest BCUT2D eigenvalue weighted by molar-refractivity contribution is -0.129. The largest absolute Gasteiger partial charge is 0.508 e. The summed E-state index contributed by atoms with van der Waals surface area (Å²) >= 11 is 0. The van der Waals surface area contributed by atoms with Crippen LogP contribution in [0.5, 0.6) is 5.75 Å². The van der Waals surface area contributed by atoms with Crippen LogP contribution in [0.15, 0.2) is 48.5 Å². The van der Waals surface area contributed by atoms with Crippen molar-refractivity contribution in [1.29, 1.82) is 0 Å². The van der Waals surface area contributed by atoms with Crippen LogP contribution >= 0.6 is 0 Å². The van der Waals surface area contributed by atoms with Gasteiger partial charge in [-0.15, -0.1) is 0 Å². The first-order valence-electron chi connectivity index (χ1n) is 12.2. The van der Waals surface area contributed by atoms with Crippen LogP contribution in [-0.2, 0) is 16.0 Å². The van der Waals surface area contributed by atoms with E-state index in [9.17, 15) is 24.6 Å². The highest BCUT2D eigenvalue weighted by Crippen LogP contribution is 2.26. The second-order valence-electron chi connectivity index (χ2n) is 10.9. The molecule has 0 heterocycles. The van der Waals surface area contributed by atoms with E-state index in [1.54, 1.807) is 52.8 Å². The standard InChI is InChI=1S/C29H39N3O5/c1-19-15-22(33)16-20(2)23(19)17-24(32(27(36)37)28(3,4)5)26(35)31-29(6,7)18-30-25(34)14-13-21-11-9-8-10-12-21/h8-16,24,33H,17-18H2,1-7H3,(H,30,34)(H,31,35)(H,36,37)/t24-/m0/s1. The SMILES string of the molecule is Cc1cc(O)cc(C)c1C[C@@H](C(=O)NC(C)(C)CNC(=O)C=Cc1ccccc1)N(C(=O)O)C(C)(C)C. The van der Waals surface area contributed by atoms with Crippen LogP contribution in [-0.4, -0.2) is 56.7 Å². The molecule has 0 aliphatic heterocycles. The molecule has 0 saturated heterocycles. The quantitative estimate of drug-likeness (QED) is 0.373. The highest BCUT2D eigenvalue weighted by molar-refractivity contribution is 5.92. The van der Waals surface area contributed by atoms with Crippen molar-refractivity contribution in [2.45, 2.75) is 72.0 Å². The zero-order valence-corrected chi connectivity index (χ0v) is 22.8. The average Bonchev–Trinajstić information content (AvgIpc) is 2.77. The van der Waals surface area contributed by atoms with Gasteiger partial charge in [0, 0.05) is 24.6 Å². The minimum atomic E-state index is -1.21. The molecule has 1 atom stereocenters. The van der Waals surface area contributed by atoms with Crippen molar-refractivity contribution < 1.29 is 24.6 Å². The first-order chi connectivity index (χ1) is 17.1. The van der Waals surface area contributed by atoms with E-state index in [1.807, 2.05) is 44.2 Å². The summed E-state index contributed by atoms with van der Waals surface area (Å²) in [5, 5.41) is 25.7.